The Morgan fingerprint density at radius 2 is 1.90 bits per heavy atom. The summed E-state index contributed by atoms with van der Waals surface area (Å²) in [6.45, 7) is 0.768. The lowest BCUT2D eigenvalue weighted by Gasteiger charge is -2.36. The number of nitrogens with zero attached hydrogens (tertiary/aromatic N) is 5. The number of carbonyl (C=O) groups is 1. The smallest absolute Gasteiger partial charge is 0.222 e. The van der Waals surface area contributed by atoms with Gasteiger partial charge in [0.25, 0.3) is 0 Å². The van der Waals surface area contributed by atoms with Gasteiger partial charge in [0.2, 0.25) is 5.95 Å². The van der Waals surface area contributed by atoms with Crippen molar-refractivity contribution in [3.05, 3.63) is 59.4 Å². The number of aromatic nitrogens is 4. The fourth-order valence-electron chi connectivity index (χ4n) is 4.60. The molecule has 0 spiro atoms. The van der Waals surface area contributed by atoms with Crippen LogP contribution in [0.15, 0.2) is 43.0 Å². The maximum Gasteiger partial charge on any atom is 0.222 e. The second-order valence-electron chi connectivity index (χ2n) is 7.61. The van der Waals surface area contributed by atoms with Gasteiger partial charge in [-0.25, -0.2) is 24.3 Å². The average Bonchev–Trinajstić information content (AvgIpc) is 3.36. The van der Waals surface area contributed by atoms with Crippen molar-refractivity contribution in [3.8, 4) is 11.4 Å². The highest BCUT2D eigenvalue weighted by Gasteiger charge is 2.46. The summed E-state index contributed by atoms with van der Waals surface area (Å²) in [4.78, 5) is 31.0. The molecule has 30 heavy (non-hydrogen) atoms. The van der Waals surface area contributed by atoms with Crippen LogP contribution >= 0.6 is 11.6 Å². The molecular formula is C21H18ClFN6O. The fraction of sp³-hybridized carbons (Fsp3) is 0.286. The molecule has 5 rings (SSSR count). The van der Waals surface area contributed by atoms with Gasteiger partial charge in [0.1, 0.15) is 5.82 Å². The van der Waals surface area contributed by atoms with E-state index in [1.54, 1.807) is 30.9 Å². The minimum absolute atomic E-state index is 0.0871. The molecule has 2 aliphatic rings. The molecule has 1 aliphatic carbocycles. The van der Waals surface area contributed by atoms with Crippen LogP contribution in [0.25, 0.3) is 11.4 Å². The maximum absolute atomic E-state index is 14.6. The molecule has 0 unspecified atom stereocenters. The summed E-state index contributed by atoms with van der Waals surface area (Å²) in [7, 11) is 0. The molecule has 1 aromatic carbocycles. The highest BCUT2D eigenvalue weighted by atomic mass is 35.5. The number of fused-ring (bicyclic) bond motifs is 2. The molecule has 1 saturated heterocycles. The summed E-state index contributed by atoms with van der Waals surface area (Å²) in [6.07, 6.45) is 8.93. The Balaban J connectivity index is 1.49. The monoisotopic (exact) mass is 424 g/mol. The van der Waals surface area contributed by atoms with Gasteiger partial charge in [0.05, 0.1) is 23.1 Å². The van der Waals surface area contributed by atoms with E-state index in [0.717, 1.165) is 25.7 Å². The van der Waals surface area contributed by atoms with Crippen molar-refractivity contribution in [1.82, 2.24) is 19.9 Å². The summed E-state index contributed by atoms with van der Waals surface area (Å²) in [5.74, 6) is 0.851. The second kappa shape index (κ2) is 7.60. The summed E-state index contributed by atoms with van der Waals surface area (Å²) in [5.41, 5.74) is 1.37. The van der Waals surface area contributed by atoms with E-state index in [1.165, 1.54) is 12.1 Å². The van der Waals surface area contributed by atoms with Crippen LogP contribution in [-0.2, 0) is 0 Å². The minimum atomic E-state index is -0.425. The molecule has 2 fully saturated rings. The van der Waals surface area contributed by atoms with Crippen LogP contribution in [0.1, 0.15) is 23.2 Å². The summed E-state index contributed by atoms with van der Waals surface area (Å²) in [5, 5.41) is 3.84. The number of anilines is 2. The van der Waals surface area contributed by atoms with Crippen LogP contribution in [0.2, 0.25) is 5.02 Å². The lowest BCUT2D eigenvalue weighted by Crippen LogP contribution is -2.45. The Bertz CT molecular complexity index is 1080. The van der Waals surface area contributed by atoms with Gasteiger partial charge in [-0.3, -0.25) is 4.79 Å². The normalized spacial score (nSPS) is 22.3. The molecule has 2 aromatic heterocycles. The molecule has 0 radical (unpaired) electrons. The highest BCUT2D eigenvalue weighted by molar-refractivity contribution is 6.30. The van der Waals surface area contributed by atoms with Crippen molar-refractivity contribution < 1.29 is 9.18 Å². The molecule has 9 heteroatoms. The number of rotatable bonds is 5. The van der Waals surface area contributed by atoms with Gasteiger partial charge in [-0.15, -0.1) is 0 Å². The molecule has 1 aliphatic heterocycles. The zero-order valence-corrected chi connectivity index (χ0v) is 16.6. The van der Waals surface area contributed by atoms with Gasteiger partial charge in [-0.05, 0) is 37.0 Å². The van der Waals surface area contributed by atoms with E-state index < -0.39 is 5.82 Å². The molecule has 3 atom stereocenters. The second-order valence-corrected chi connectivity index (χ2v) is 8.05. The molecule has 3 aromatic rings. The first-order valence-corrected chi connectivity index (χ1v) is 10.1. The molecule has 0 amide bonds. The van der Waals surface area contributed by atoms with Gasteiger partial charge in [0, 0.05) is 42.1 Å². The molecule has 3 heterocycles. The third-order valence-corrected chi connectivity index (χ3v) is 5.97. The van der Waals surface area contributed by atoms with E-state index in [2.05, 4.69) is 30.2 Å². The number of hydrogen-bond donors (Lipinski definition) is 1. The number of benzene rings is 1. The van der Waals surface area contributed by atoms with Crippen LogP contribution in [-0.4, -0.2) is 44.9 Å². The highest BCUT2D eigenvalue weighted by Crippen LogP contribution is 2.43. The Hall–Kier alpha value is -3.13. The van der Waals surface area contributed by atoms with Gasteiger partial charge in [0.15, 0.2) is 12.1 Å². The van der Waals surface area contributed by atoms with Gasteiger partial charge in [-0.2, -0.15) is 0 Å². The Morgan fingerprint density at radius 1 is 1.13 bits per heavy atom. The Labute approximate surface area is 177 Å². The first-order valence-electron chi connectivity index (χ1n) is 9.69. The van der Waals surface area contributed by atoms with E-state index in [0.29, 0.717) is 39.5 Å². The molecular weight excluding hydrogens is 407 g/mol. The predicted molar refractivity (Wildman–Crippen MR) is 111 cm³/mol. The van der Waals surface area contributed by atoms with Crippen LogP contribution in [0.4, 0.5) is 16.0 Å². The summed E-state index contributed by atoms with van der Waals surface area (Å²) >= 11 is 5.87. The predicted octanol–water partition coefficient (Wildman–Crippen LogP) is 3.62. The topological polar surface area (TPSA) is 83.9 Å². The quantitative estimate of drug-likeness (QED) is 0.626. The number of hydrogen-bond acceptors (Lipinski definition) is 7. The van der Waals surface area contributed by atoms with Crippen molar-refractivity contribution in [2.75, 3.05) is 16.8 Å². The number of piperidine rings is 1. The average molecular weight is 425 g/mol. The number of nitrogens with one attached hydrogen (secondary N) is 1. The first-order chi connectivity index (χ1) is 14.6. The van der Waals surface area contributed by atoms with E-state index in [4.69, 9.17) is 11.6 Å². The van der Waals surface area contributed by atoms with Crippen LogP contribution in [0.5, 0.6) is 0 Å². The van der Waals surface area contributed by atoms with Crippen molar-refractivity contribution >= 4 is 29.5 Å². The van der Waals surface area contributed by atoms with Gasteiger partial charge < -0.3 is 10.2 Å². The zero-order valence-electron chi connectivity index (χ0n) is 15.9. The molecule has 152 valence electrons. The fourth-order valence-corrected chi connectivity index (χ4v) is 4.70. The number of aldehydes is 1. The Morgan fingerprint density at radius 3 is 2.60 bits per heavy atom. The first kappa shape index (κ1) is 18.9. The lowest BCUT2D eigenvalue weighted by molar-refractivity contribution is 0.112. The van der Waals surface area contributed by atoms with Crippen LogP contribution in [0.3, 0.4) is 0 Å². The lowest BCUT2D eigenvalue weighted by atomic mass is 10.00. The molecule has 2 bridgehead atoms. The minimum Gasteiger partial charge on any atom is -0.366 e. The van der Waals surface area contributed by atoms with E-state index in [-0.39, 0.29) is 12.1 Å². The van der Waals surface area contributed by atoms with Gasteiger partial charge >= 0.3 is 0 Å². The molecule has 1 saturated carbocycles. The third-order valence-electron chi connectivity index (χ3n) is 5.77. The van der Waals surface area contributed by atoms with E-state index >= 15 is 0 Å². The van der Waals surface area contributed by atoms with Crippen molar-refractivity contribution in [3.63, 3.8) is 0 Å². The van der Waals surface area contributed by atoms with E-state index in [9.17, 15) is 9.18 Å². The van der Waals surface area contributed by atoms with E-state index in [1.807, 2.05) is 0 Å². The van der Waals surface area contributed by atoms with Crippen molar-refractivity contribution in [2.45, 2.75) is 24.9 Å². The zero-order chi connectivity index (χ0) is 20.7. The summed E-state index contributed by atoms with van der Waals surface area (Å²) in [6, 6.07) is 4.60. The van der Waals surface area contributed by atoms with Crippen LogP contribution < -0.4 is 10.2 Å². The van der Waals surface area contributed by atoms with Gasteiger partial charge in [-0.1, -0.05) is 11.6 Å². The van der Waals surface area contributed by atoms with Crippen molar-refractivity contribution in [1.29, 1.82) is 0 Å². The maximum atomic E-state index is 14.6. The number of halogens is 2. The molecule has 1 N–H and O–H groups in total. The number of carbonyl (C=O) groups excluding carboxylic acids is 1. The third kappa shape index (κ3) is 3.37. The standard InChI is InChI=1S/C21H18ClFN6O/c22-13-8-26-21(27-9-13)28-17-4-12-5-19(17)29(10-12)18-7-14(23)6-15(16(18)11-30)20-24-2-1-3-25-20/h1-3,6-9,11-12,17,19H,4-5,10H2,(H,26,27,28)/t12-,17+,19-/m0/s1. The van der Waals surface area contributed by atoms with Crippen molar-refractivity contribution in [2.24, 2.45) is 5.92 Å². The largest absolute Gasteiger partial charge is 0.366 e. The van der Waals surface area contributed by atoms with Crippen LogP contribution in [0, 0.1) is 11.7 Å². The Kier molecular flexibility index (Phi) is 4.78. The SMILES string of the molecule is O=Cc1c(-c2ncccn2)cc(F)cc1N1C[C@H]2C[C@@H](Nc3ncc(Cl)cn3)[C@@H]1C2. The summed E-state index contributed by atoms with van der Waals surface area (Å²) < 4.78 is 14.6. The molecule has 7 nitrogen and oxygen atoms in total.